The zero-order valence-electron chi connectivity index (χ0n) is 10.4. The van der Waals surface area contributed by atoms with Gasteiger partial charge in [-0.05, 0) is 36.4 Å². The first-order chi connectivity index (χ1) is 9.63. The largest absolute Gasteiger partial charge is 0.478 e. The second-order valence-corrected chi connectivity index (χ2v) is 4.37. The molecule has 3 rings (SSSR count). The standard InChI is InChI=1S/C14H12N4O2/c15-10-5-8(14(19)20)1-3-11(10)18-9-2-4-12-13(6-9)17-7-16-12/h1-7,18H,15H2,(H,16,17)(H,19,20). The van der Waals surface area contributed by atoms with Gasteiger partial charge >= 0.3 is 5.97 Å². The Morgan fingerprint density at radius 1 is 1.25 bits per heavy atom. The number of nitrogens with two attached hydrogens (primary N) is 1. The van der Waals surface area contributed by atoms with Crippen LogP contribution in [-0.4, -0.2) is 21.0 Å². The lowest BCUT2D eigenvalue weighted by Gasteiger charge is -2.10. The van der Waals surface area contributed by atoms with Gasteiger partial charge in [0.2, 0.25) is 0 Å². The second-order valence-electron chi connectivity index (χ2n) is 4.37. The third-order valence-electron chi connectivity index (χ3n) is 3.00. The van der Waals surface area contributed by atoms with E-state index in [0.29, 0.717) is 11.4 Å². The number of rotatable bonds is 3. The molecule has 0 fully saturated rings. The van der Waals surface area contributed by atoms with Gasteiger partial charge in [-0.15, -0.1) is 0 Å². The highest BCUT2D eigenvalue weighted by atomic mass is 16.4. The molecule has 6 heteroatoms. The van der Waals surface area contributed by atoms with Crippen LogP contribution in [0.5, 0.6) is 0 Å². The Morgan fingerprint density at radius 3 is 2.85 bits per heavy atom. The number of benzene rings is 2. The molecule has 0 atom stereocenters. The molecule has 0 amide bonds. The van der Waals surface area contributed by atoms with E-state index in [1.165, 1.54) is 12.1 Å². The van der Waals surface area contributed by atoms with Crippen molar-refractivity contribution in [3.63, 3.8) is 0 Å². The minimum Gasteiger partial charge on any atom is -0.478 e. The number of hydrogen-bond donors (Lipinski definition) is 4. The van der Waals surface area contributed by atoms with E-state index in [1.54, 1.807) is 12.4 Å². The Labute approximate surface area is 114 Å². The lowest BCUT2D eigenvalue weighted by molar-refractivity contribution is 0.0697. The van der Waals surface area contributed by atoms with E-state index in [4.69, 9.17) is 10.8 Å². The molecule has 5 N–H and O–H groups in total. The van der Waals surface area contributed by atoms with Gasteiger partial charge in [-0.1, -0.05) is 0 Å². The molecule has 0 aliphatic heterocycles. The number of hydrogen-bond acceptors (Lipinski definition) is 4. The summed E-state index contributed by atoms with van der Waals surface area (Å²) < 4.78 is 0. The molecule has 20 heavy (non-hydrogen) atoms. The summed E-state index contributed by atoms with van der Waals surface area (Å²) in [6.45, 7) is 0. The second kappa shape index (κ2) is 4.58. The molecular formula is C14H12N4O2. The summed E-state index contributed by atoms with van der Waals surface area (Å²) in [7, 11) is 0. The van der Waals surface area contributed by atoms with Gasteiger partial charge in [-0.25, -0.2) is 9.78 Å². The van der Waals surface area contributed by atoms with Crippen molar-refractivity contribution in [1.82, 2.24) is 9.97 Å². The van der Waals surface area contributed by atoms with Crippen molar-refractivity contribution in [1.29, 1.82) is 0 Å². The fourth-order valence-corrected chi connectivity index (χ4v) is 1.98. The Bertz CT molecular complexity index is 795. The number of aromatic nitrogens is 2. The van der Waals surface area contributed by atoms with Crippen molar-refractivity contribution >= 4 is 34.1 Å². The minimum absolute atomic E-state index is 0.164. The topological polar surface area (TPSA) is 104 Å². The first-order valence-electron chi connectivity index (χ1n) is 5.96. The van der Waals surface area contributed by atoms with Gasteiger partial charge in [-0.2, -0.15) is 0 Å². The minimum atomic E-state index is -0.998. The van der Waals surface area contributed by atoms with E-state index in [0.717, 1.165) is 16.7 Å². The molecule has 0 spiro atoms. The van der Waals surface area contributed by atoms with Gasteiger partial charge in [0.15, 0.2) is 0 Å². The van der Waals surface area contributed by atoms with Crippen LogP contribution in [0.2, 0.25) is 0 Å². The predicted molar refractivity (Wildman–Crippen MR) is 77.2 cm³/mol. The summed E-state index contributed by atoms with van der Waals surface area (Å²) in [5.41, 5.74) is 9.70. The van der Waals surface area contributed by atoms with Crippen molar-refractivity contribution in [2.75, 3.05) is 11.1 Å². The highest BCUT2D eigenvalue weighted by Crippen LogP contribution is 2.25. The van der Waals surface area contributed by atoms with Crippen molar-refractivity contribution in [3.8, 4) is 0 Å². The Hall–Kier alpha value is -3.02. The summed E-state index contributed by atoms with van der Waals surface area (Å²) in [5, 5.41) is 12.1. The summed E-state index contributed by atoms with van der Waals surface area (Å²) in [6, 6.07) is 10.3. The number of carbonyl (C=O) groups is 1. The van der Waals surface area contributed by atoms with Crippen LogP contribution < -0.4 is 11.1 Å². The number of fused-ring (bicyclic) bond motifs is 1. The molecule has 0 radical (unpaired) electrons. The summed E-state index contributed by atoms with van der Waals surface area (Å²) in [4.78, 5) is 18.0. The smallest absolute Gasteiger partial charge is 0.335 e. The quantitative estimate of drug-likeness (QED) is 0.546. The first kappa shape index (κ1) is 12.0. The average Bonchev–Trinajstić information content (AvgIpc) is 2.88. The van der Waals surface area contributed by atoms with Crippen LogP contribution in [0, 0.1) is 0 Å². The lowest BCUT2D eigenvalue weighted by Crippen LogP contribution is -2.01. The molecule has 100 valence electrons. The summed E-state index contributed by atoms with van der Waals surface area (Å²) in [5.74, 6) is -0.998. The molecule has 1 heterocycles. The van der Waals surface area contributed by atoms with Crippen LogP contribution in [0.4, 0.5) is 17.1 Å². The molecule has 0 saturated carbocycles. The van der Waals surface area contributed by atoms with Crippen molar-refractivity contribution in [3.05, 3.63) is 48.3 Å². The van der Waals surface area contributed by atoms with Crippen molar-refractivity contribution < 1.29 is 9.90 Å². The number of aromatic carboxylic acids is 1. The van der Waals surface area contributed by atoms with Crippen LogP contribution in [0.15, 0.2) is 42.7 Å². The van der Waals surface area contributed by atoms with E-state index in [1.807, 2.05) is 18.2 Å². The van der Waals surface area contributed by atoms with E-state index >= 15 is 0 Å². The molecule has 6 nitrogen and oxygen atoms in total. The highest BCUT2D eigenvalue weighted by Gasteiger charge is 2.07. The third-order valence-corrected chi connectivity index (χ3v) is 3.00. The number of carboxylic acid groups (broad SMARTS) is 1. The maximum absolute atomic E-state index is 10.9. The predicted octanol–water partition coefficient (Wildman–Crippen LogP) is 2.59. The Morgan fingerprint density at radius 2 is 2.10 bits per heavy atom. The molecule has 1 aromatic heterocycles. The monoisotopic (exact) mass is 268 g/mol. The maximum atomic E-state index is 10.9. The lowest BCUT2D eigenvalue weighted by atomic mass is 10.1. The third kappa shape index (κ3) is 2.14. The van der Waals surface area contributed by atoms with Gasteiger partial charge < -0.3 is 21.1 Å². The number of imidazole rings is 1. The van der Waals surface area contributed by atoms with E-state index in [9.17, 15) is 4.79 Å². The maximum Gasteiger partial charge on any atom is 0.335 e. The number of nitrogens with one attached hydrogen (secondary N) is 2. The summed E-state index contributed by atoms with van der Waals surface area (Å²) in [6.07, 6.45) is 1.63. The SMILES string of the molecule is Nc1cc(C(=O)O)ccc1Nc1ccc2nc[nH]c2c1. The van der Waals surface area contributed by atoms with E-state index < -0.39 is 5.97 Å². The summed E-state index contributed by atoms with van der Waals surface area (Å²) >= 11 is 0. The first-order valence-corrected chi connectivity index (χ1v) is 5.96. The molecule has 0 unspecified atom stereocenters. The van der Waals surface area contributed by atoms with Gasteiger partial charge in [0, 0.05) is 5.69 Å². The van der Waals surface area contributed by atoms with Crippen molar-refractivity contribution in [2.45, 2.75) is 0 Å². The molecule has 0 saturated heterocycles. The van der Waals surface area contributed by atoms with E-state index in [-0.39, 0.29) is 5.56 Å². The Balaban J connectivity index is 1.92. The zero-order chi connectivity index (χ0) is 14.1. The number of nitrogen functional groups attached to an aromatic ring is 1. The molecule has 0 bridgehead atoms. The fraction of sp³-hybridized carbons (Fsp3) is 0. The zero-order valence-corrected chi connectivity index (χ0v) is 10.4. The molecule has 0 aliphatic rings. The van der Waals surface area contributed by atoms with Gasteiger partial charge in [0.25, 0.3) is 0 Å². The molecule has 2 aromatic carbocycles. The number of H-pyrrole nitrogens is 1. The van der Waals surface area contributed by atoms with Gasteiger partial charge in [0.05, 0.1) is 34.3 Å². The number of aromatic amines is 1. The number of nitrogens with zero attached hydrogens (tertiary/aromatic N) is 1. The van der Waals surface area contributed by atoms with Crippen LogP contribution in [0.25, 0.3) is 11.0 Å². The van der Waals surface area contributed by atoms with Gasteiger partial charge in [0.1, 0.15) is 0 Å². The number of carboxylic acids is 1. The number of anilines is 3. The molecular weight excluding hydrogens is 256 g/mol. The Kier molecular flexibility index (Phi) is 2.76. The highest BCUT2D eigenvalue weighted by molar-refractivity contribution is 5.91. The van der Waals surface area contributed by atoms with Crippen LogP contribution in [-0.2, 0) is 0 Å². The van der Waals surface area contributed by atoms with E-state index in [2.05, 4.69) is 15.3 Å². The van der Waals surface area contributed by atoms with Crippen molar-refractivity contribution in [2.24, 2.45) is 0 Å². The fourth-order valence-electron chi connectivity index (χ4n) is 1.98. The molecule has 3 aromatic rings. The normalized spacial score (nSPS) is 10.6. The van der Waals surface area contributed by atoms with Gasteiger partial charge in [-0.3, -0.25) is 0 Å². The average molecular weight is 268 g/mol. The van der Waals surface area contributed by atoms with Crippen LogP contribution in [0.3, 0.4) is 0 Å². The van der Waals surface area contributed by atoms with Crippen LogP contribution in [0.1, 0.15) is 10.4 Å². The molecule has 0 aliphatic carbocycles. The van der Waals surface area contributed by atoms with Crippen LogP contribution >= 0.6 is 0 Å².